The van der Waals surface area contributed by atoms with Crippen LogP contribution in [0.25, 0.3) is 0 Å². The Bertz CT molecular complexity index is 815. The van der Waals surface area contributed by atoms with E-state index in [1.807, 2.05) is 37.3 Å². The second-order valence-electron chi connectivity index (χ2n) is 6.31. The maximum atomic E-state index is 12.2. The third-order valence-electron chi connectivity index (χ3n) is 4.47. The summed E-state index contributed by atoms with van der Waals surface area (Å²) in [5, 5.41) is 7.81. The third kappa shape index (κ3) is 5.40. The van der Waals surface area contributed by atoms with Crippen LogP contribution in [0.4, 0.5) is 11.4 Å². The number of carbonyl (C=O) groups excluding carboxylic acids is 3. The first-order valence-corrected chi connectivity index (χ1v) is 8.97. The molecule has 0 spiro atoms. The summed E-state index contributed by atoms with van der Waals surface area (Å²) >= 11 is 0. The molecule has 7 nitrogen and oxygen atoms in total. The smallest absolute Gasteiger partial charge is 0.313 e. The van der Waals surface area contributed by atoms with E-state index in [0.717, 1.165) is 5.56 Å². The summed E-state index contributed by atoms with van der Waals surface area (Å²) in [4.78, 5) is 35.4. The first-order chi connectivity index (χ1) is 13.4. The Morgan fingerprint density at radius 1 is 0.893 bits per heavy atom. The second kappa shape index (κ2) is 9.66. The van der Waals surface area contributed by atoms with E-state index in [2.05, 4.69) is 16.0 Å². The van der Waals surface area contributed by atoms with Gasteiger partial charge in [0.2, 0.25) is 5.91 Å². The van der Waals surface area contributed by atoms with Gasteiger partial charge in [0.1, 0.15) is 5.60 Å². The molecule has 0 saturated heterocycles. The minimum Gasteiger partial charge on any atom is -0.372 e. The van der Waals surface area contributed by atoms with E-state index in [1.165, 1.54) is 6.92 Å². The molecule has 3 N–H and O–H groups in total. The number of nitrogens with one attached hydrogen (secondary N) is 3. The molecule has 1 unspecified atom stereocenters. The number of benzene rings is 2. The summed E-state index contributed by atoms with van der Waals surface area (Å²) < 4.78 is 5.69. The van der Waals surface area contributed by atoms with Gasteiger partial charge in [0.05, 0.1) is 6.54 Å². The van der Waals surface area contributed by atoms with Gasteiger partial charge in [-0.25, -0.2) is 0 Å². The van der Waals surface area contributed by atoms with Crippen molar-refractivity contribution in [2.75, 3.05) is 24.3 Å². The number of carbonyl (C=O) groups is 3. The van der Waals surface area contributed by atoms with Crippen molar-refractivity contribution in [3.05, 3.63) is 60.2 Å². The molecule has 0 heterocycles. The lowest BCUT2D eigenvalue weighted by molar-refractivity contribution is -0.137. The molecule has 2 aromatic rings. The fourth-order valence-corrected chi connectivity index (χ4v) is 2.84. The highest BCUT2D eigenvalue weighted by atomic mass is 16.5. The lowest BCUT2D eigenvalue weighted by Gasteiger charge is -2.32. The van der Waals surface area contributed by atoms with Gasteiger partial charge in [0, 0.05) is 25.4 Å². The van der Waals surface area contributed by atoms with Gasteiger partial charge in [-0.1, -0.05) is 37.3 Å². The van der Waals surface area contributed by atoms with E-state index >= 15 is 0 Å². The van der Waals surface area contributed by atoms with Crippen LogP contribution in [0, 0.1) is 0 Å². The number of methoxy groups -OCH3 is 1. The van der Waals surface area contributed by atoms with Crippen molar-refractivity contribution in [3.63, 3.8) is 0 Å². The van der Waals surface area contributed by atoms with Crippen LogP contribution >= 0.6 is 0 Å². The molecule has 0 aliphatic carbocycles. The topological polar surface area (TPSA) is 96.5 Å². The van der Waals surface area contributed by atoms with Gasteiger partial charge in [-0.2, -0.15) is 0 Å². The van der Waals surface area contributed by atoms with Crippen molar-refractivity contribution in [1.29, 1.82) is 0 Å². The van der Waals surface area contributed by atoms with Crippen molar-refractivity contribution < 1.29 is 19.1 Å². The average molecular weight is 383 g/mol. The fraction of sp³-hybridized carbons (Fsp3) is 0.286. The lowest BCUT2D eigenvalue weighted by atomic mass is 9.90. The van der Waals surface area contributed by atoms with Crippen LogP contribution < -0.4 is 16.0 Å². The highest BCUT2D eigenvalue weighted by Crippen LogP contribution is 2.28. The molecule has 0 saturated carbocycles. The molecular formula is C21H25N3O4. The maximum Gasteiger partial charge on any atom is 0.313 e. The zero-order valence-electron chi connectivity index (χ0n) is 16.2. The maximum absolute atomic E-state index is 12.2. The Morgan fingerprint density at radius 3 is 1.96 bits per heavy atom. The quantitative estimate of drug-likeness (QED) is 0.641. The van der Waals surface area contributed by atoms with Crippen LogP contribution in [0.1, 0.15) is 25.8 Å². The Balaban J connectivity index is 1.97. The van der Waals surface area contributed by atoms with E-state index in [0.29, 0.717) is 17.8 Å². The minimum absolute atomic E-state index is 0.164. The molecule has 0 fully saturated rings. The molecule has 3 amide bonds. The fourth-order valence-electron chi connectivity index (χ4n) is 2.84. The van der Waals surface area contributed by atoms with E-state index in [1.54, 1.807) is 31.4 Å². The average Bonchev–Trinajstić information content (AvgIpc) is 2.71. The van der Waals surface area contributed by atoms with E-state index in [4.69, 9.17) is 4.74 Å². The van der Waals surface area contributed by atoms with Crippen LogP contribution in [-0.4, -0.2) is 31.4 Å². The van der Waals surface area contributed by atoms with E-state index in [-0.39, 0.29) is 12.5 Å². The summed E-state index contributed by atoms with van der Waals surface area (Å²) in [5.74, 6) is -1.72. The van der Waals surface area contributed by atoms with Gasteiger partial charge >= 0.3 is 11.8 Å². The summed E-state index contributed by atoms with van der Waals surface area (Å²) in [5.41, 5.74) is 1.27. The molecule has 2 aromatic carbocycles. The van der Waals surface area contributed by atoms with Crippen LogP contribution in [0.15, 0.2) is 54.6 Å². The number of hydrogen-bond donors (Lipinski definition) is 3. The van der Waals surface area contributed by atoms with Gasteiger partial charge in [0.15, 0.2) is 0 Å². The number of anilines is 2. The van der Waals surface area contributed by atoms with E-state index in [9.17, 15) is 14.4 Å². The molecule has 1 atom stereocenters. The summed E-state index contributed by atoms with van der Waals surface area (Å²) in [6, 6.07) is 16.0. The zero-order chi connectivity index (χ0) is 20.6. The predicted molar refractivity (Wildman–Crippen MR) is 108 cm³/mol. The largest absolute Gasteiger partial charge is 0.372 e. The molecule has 0 aromatic heterocycles. The Morgan fingerprint density at radius 2 is 1.46 bits per heavy atom. The molecule has 0 radical (unpaired) electrons. The van der Waals surface area contributed by atoms with Crippen LogP contribution in [0.5, 0.6) is 0 Å². The first kappa shape index (κ1) is 21.1. The monoisotopic (exact) mass is 383 g/mol. The summed E-state index contributed by atoms with van der Waals surface area (Å²) in [7, 11) is 1.58. The Labute approximate surface area is 164 Å². The first-order valence-electron chi connectivity index (χ1n) is 8.97. The van der Waals surface area contributed by atoms with Crippen molar-refractivity contribution in [2.45, 2.75) is 25.9 Å². The number of rotatable bonds is 7. The van der Waals surface area contributed by atoms with Crippen LogP contribution in [0.2, 0.25) is 0 Å². The van der Waals surface area contributed by atoms with Crippen molar-refractivity contribution in [1.82, 2.24) is 5.32 Å². The highest BCUT2D eigenvalue weighted by Gasteiger charge is 2.31. The highest BCUT2D eigenvalue weighted by molar-refractivity contribution is 6.39. The number of hydrogen-bond acceptors (Lipinski definition) is 4. The molecule has 0 aliphatic rings. The van der Waals surface area contributed by atoms with Gasteiger partial charge in [-0.05, 0) is 36.2 Å². The molecule has 2 rings (SSSR count). The summed E-state index contributed by atoms with van der Waals surface area (Å²) in [6.45, 7) is 3.53. The van der Waals surface area contributed by atoms with Gasteiger partial charge < -0.3 is 20.7 Å². The molecule has 0 aliphatic heterocycles. The normalized spacial score (nSPS) is 12.5. The second-order valence-corrected chi connectivity index (χ2v) is 6.31. The Kier molecular flexibility index (Phi) is 7.28. The van der Waals surface area contributed by atoms with Crippen molar-refractivity contribution in [2.24, 2.45) is 0 Å². The summed E-state index contributed by atoms with van der Waals surface area (Å²) in [6.07, 6.45) is 0.625. The molecule has 148 valence electrons. The molecule has 7 heteroatoms. The predicted octanol–water partition coefficient (Wildman–Crippen LogP) is 2.65. The number of amides is 3. The molecule has 0 bridgehead atoms. The van der Waals surface area contributed by atoms with E-state index < -0.39 is 17.4 Å². The van der Waals surface area contributed by atoms with Crippen LogP contribution in [0.3, 0.4) is 0 Å². The standard InChI is InChI=1S/C21H25N3O4/c1-4-21(28-3,16-8-6-5-7-9-16)14-22-19(26)20(27)24-18-12-10-17(11-13-18)23-15(2)25/h5-13H,4,14H2,1-3H3,(H,22,26)(H,23,25)(H,24,27). The number of ether oxygens (including phenoxy) is 1. The van der Waals surface area contributed by atoms with Crippen molar-refractivity contribution >= 4 is 29.1 Å². The zero-order valence-corrected chi connectivity index (χ0v) is 16.2. The molecular weight excluding hydrogens is 358 g/mol. The van der Waals surface area contributed by atoms with Crippen LogP contribution in [-0.2, 0) is 24.7 Å². The van der Waals surface area contributed by atoms with Gasteiger partial charge in [0.25, 0.3) is 0 Å². The lowest BCUT2D eigenvalue weighted by Crippen LogP contribution is -2.45. The third-order valence-corrected chi connectivity index (χ3v) is 4.47. The SMILES string of the molecule is CCC(CNC(=O)C(=O)Nc1ccc(NC(C)=O)cc1)(OC)c1ccccc1. The van der Waals surface area contributed by atoms with Gasteiger partial charge in [-0.3, -0.25) is 14.4 Å². The van der Waals surface area contributed by atoms with Crippen molar-refractivity contribution in [3.8, 4) is 0 Å². The Hall–Kier alpha value is -3.19. The molecule has 28 heavy (non-hydrogen) atoms. The van der Waals surface area contributed by atoms with Gasteiger partial charge in [-0.15, -0.1) is 0 Å². The minimum atomic E-state index is -0.776.